The Morgan fingerprint density at radius 1 is 1.42 bits per heavy atom. The van der Waals surface area contributed by atoms with Crippen molar-refractivity contribution in [3.8, 4) is 5.75 Å². The van der Waals surface area contributed by atoms with E-state index >= 15 is 0 Å². The summed E-state index contributed by atoms with van der Waals surface area (Å²) in [4.78, 5) is 12.2. The lowest BCUT2D eigenvalue weighted by Crippen LogP contribution is -2.44. The number of carbonyl (C=O) groups is 1. The molecule has 0 bridgehead atoms. The molecule has 0 aliphatic rings. The second kappa shape index (κ2) is 6.75. The summed E-state index contributed by atoms with van der Waals surface area (Å²) < 4.78 is 0.745. The zero-order chi connectivity index (χ0) is 14.6. The van der Waals surface area contributed by atoms with E-state index in [9.17, 15) is 9.90 Å². The van der Waals surface area contributed by atoms with Crippen molar-refractivity contribution in [3.05, 3.63) is 28.2 Å². The minimum atomic E-state index is -0.245. The Morgan fingerprint density at radius 3 is 2.53 bits per heavy atom. The van der Waals surface area contributed by atoms with Gasteiger partial charge in [0.05, 0.1) is 5.56 Å². The smallest absolute Gasteiger partial charge is 0.255 e. The summed E-state index contributed by atoms with van der Waals surface area (Å²) in [5.41, 5.74) is 0.265. The minimum absolute atomic E-state index is 0.0154. The highest BCUT2D eigenvalue weighted by Crippen LogP contribution is 2.25. The fourth-order valence-corrected chi connectivity index (χ4v) is 2.57. The summed E-state index contributed by atoms with van der Waals surface area (Å²) in [6, 6.07) is 4.92. The third kappa shape index (κ3) is 4.80. The lowest BCUT2D eigenvalue weighted by molar-refractivity contribution is 0.0898. The monoisotopic (exact) mass is 391 g/mol. The number of halogens is 2. The summed E-state index contributed by atoms with van der Waals surface area (Å²) >= 11 is 6.66. The average molecular weight is 393 g/mol. The lowest BCUT2D eigenvalue weighted by atomic mass is 9.85. The van der Waals surface area contributed by atoms with Crippen molar-refractivity contribution < 1.29 is 9.90 Å². The second-order valence-electron chi connectivity index (χ2n) is 5.53. The van der Waals surface area contributed by atoms with Crippen LogP contribution in [0.15, 0.2) is 22.7 Å². The Balaban J connectivity index is 2.88. The largest absolute Gasteiger partial charge is 0.507 e. The van der Waals surface area contributed by atoms with Gasteiger partial charge < -0.3 is 10.4 Å². The minimum Gasteiger partial charge on any atom is -0.507 e. The summed E-state index contributed by atoms with van der Waals surface area (Å²) in [5, 5.41) is 13.6. The molecule has 5 heteroatoms. The first kappa shape index (κ1) is 16.5. The van der Waals surface area contributed by atoms with E-state index in [4.69, 9.17) is 0 Å². The van der Waals surface area contributed by atoms with Gasteiger partial charge in [-0.2, -0.15) is 0 Å². The van der Waals surface area contributed by atoms with E-state index in [-0.39, 0.29) is 23.1 Å². The molecule has 0 fully saturated rings. The van der Waals surface area contributed by atoms with E-state index in [2.05, 4.69) is 57.9 Å². The van der Waals surface area contributed by atoms with Crippen LogP contribution >= 0.6 is 31.9 Å². The molecule has 1 amide bonds. The van der Waals surface area contributed by atoms with Crippen molar-refractivity contribution in [3.63, 3.8) is 0 Å². The van der Waals surface area contributed by atoms with Crippen LogP contribution in [0.1, 0.15) is 37.6 Å². The molecule has 19 heavy (non-hydrogen) atoms. The van der Waals surface area contributed by atoms with Crippen LogP contribution in [0.2, 0.25) is 0 Å². The number of rotatable bonds is 4. The van der Waals surface area contributed by atoms with Crippen molar-refractivity contribution in [2.24, 2.45) is 5.41 Å². The molecule has 2 N–H and O–H groups in total. The molecular formula is C14H19Br2NO2. The molecule has 1 unspecified atom stereocenters. The third-order valence-electron chi connectivity index (χ3n) is 2.95. The Kier molecular flexibility index (Phi) is 5.86. The normalized spacial score (nSPS) is 13.1. The van der Waals surface area contributed by atoms with Gasteiger partial charge in [0.1, 0.15) is 5.75 Å². The highest BCUT2D eigenvalue weighted by Gasteiger charge is 2.26. The van der Waals surface area contributed by atoms with Crippen molar-refractivity contribution >= 4 is 37.8 Å². The Hall–Kier alpha value is -0.550. The van der Waals surface area contributed by atoms with Crippen LogP contribution in [-0.4, -0.2) is 22.4 Å². The van der Waals surface area contributed by atoms with Crippen LogP contribution in [0.4, 0.5) is 0 Å². The number of phenols is 1. The van der Waals surface area contributed by atoms with Crippen molar-refractivity contribution in [2.75, 3.05) is 5.33 Å². The van der Waals surface area contributed by atoms with Gasteiger partial charge in [-0.05, 0) is 30.0 Å². The Labute approximate surface area is 131 Å². The highest BCUT2D eigenvalue weighted by atomic mass is 79.9. The molecule has 0 saturated carbocycles. The van der Waals surface area contributed by atoms with Gasteiger partial charge in [0.25, 0.3) is 5.91 Å². The molecule has 1 rings (SSSR count). The topological polar surface area (TPSA) is 49.3 Å². The molecule has 1 aromatic carbocycles. The van der Waals surface area contributed by atoms with Gasteiger partial charge in [-0.15, -0.1) is 0 Å². The summed E-state index contributed by atoms with van der Waals surface area (Å²) in [7, 11) is 0. The first-order chi connectivity index (χ1) is 8.75. The van der Waals surface area contributed by atoms with Crippen molar-refractivity contribution in [2.45, 2.75) is 33.2 Å². The molecule has 0 spiro atoms. The second-order valence-corrected chi connectivity index (χ2v) is 7.24. The maximum Gasteiger partial charge on any atom is 0.255 e. The maximum absolute atomic E-state index is 12.2. The molecule has 0 aliphatic carbocycles. The molecule has 0 heterocycles. The van der Waals surface area contributed by atoms with E-state index in [0.29, 0.717) is 5.56 Å². The molecule has 1 atom stereocenters. The van der Waals surface area contributed by atoms with E-state index in [1.54, 1.807) is 12.1 Å². The van der Waals surface area contributed by atoms with Crippen LogP contribution in [0, 0.1) is 5.41 Å². The zero-order valence-electron chi connectivity index (χ0n) is 11.3. The lowest BCUT2D eigenvalue weighted by Gasteiger charge is -2.31. The maximum atomic E-state index is 12.2. The molecule has 0 aromatic heterocycles. The molecule has 0 aliphatic heterocycles. The van der Waals surface area contributed by atoms with Crippen LogP contribution in [0.5, 0.6) is 5.75 Å². The van der Waals surface area contributed by atoms with Gasteiger partial charge >= 0.3 is 0 Å². The standard InChI is InChI=1S/C14H19Br2NO2/c1-14(2,3)12(6-7-15)17-13(19)10-5-4-9(16)8-11(10)18/h4-5,8,12,18H,6-7H2,1-3H3,(H,17,19). The van der Waals surface area contributed by atoms with Gasteiger partial charge in [-0.25, -0.2) is 0 Å². The van der Waals surface area contributed by atoms with E-state index in [1.165, 1.54) is 6.07 Å². The first-order valence-corrected chi connectivity index (χ1v) is 8.02. The summed E-state index contributed by atoms with van der Waals surface area (Å²) in [6.07, 6.45) is 0.840. The van der Waals surface area contributed by atoms with Gasteiger partial charge in [0.15, 0.2) is 0 Å². The van der Waals surface area contributed by atoms with Gasteiger partial charge in [-0.3, -0.25) is 4.79 Å². The van der Waals surface area contributed by atoms with Crippen LogP contribution in [0.3, 0.4) is 0 Å². The predicted molar refractivity (Wildman–Crippen MR) is 84.9 cm³/mol. The number of hydrogen-bond donors (Lipinski definition) is 2. The van der Waals surface area contributed by atoms with Crippen LogP contribution in [-0.2, 0) is 0 Å². The Morgan fingerprint density at radius 2 is 2.05 bits per heavy atom. The van der Waals surface area contributed by atoms with E-state index in [0.717, 1.165) is 16.2 Å². The zero-order valence-corrected chi connectivity index (χ0v) is 14.5. The molecule has 3 nitrogen and oxygen atoms in total. The number of benzene rings is 1. The molecule has 0 radical (unpaired) electrons. The van der Waals surface area contributed by atoms with E-state index in [1.807, 2.05) is 0 Å². The molecule has 1 aromatic rings. The average Bonchev–Trinajstić information content (AvgIpc) is 2.26. The van der Waals surface area contributed by atoms with Gasteiger partial charge in [0, 0.05) is 15.8 Å². The van der Waals surface area contributed by atoms with Gasteiger partial charge in [-0.1, -0.05) is 52.6 Å². The van der Waals surface area contributed by atoms with Crippen LogP contribution in [0.25, 0.3) is 0 Å². The fourth-order valence-electron chi connectivity index (χ4n) is 1.76. The van der Waals surface area contributed by atoms with Gasteiger partial charge in [0.2, 0.25) is 0 Å². The number of aromatic hydroxyl groups is 1. The van der Waals surface area contributed by atoms with Crippen molar-refractivity contribution in [1.29, 1.82) is 0 Å². The molecule has 106 valence electrons. The number of phenolic OH excluding ortho intramolecular Hbond substituents is 1. The highest BCUT2D eigenvalue weighted by molar-refractivity contribution is 9.10. The number of nitrogens with one attached hydrogen (secondary N) is 1. The number of carbonyl (C=O) groups excluding carboxylic acids is 1. The van der Waals surface area contributed by atoms with Crippen molar-refractivity contribution in [1.82, 2.24) is 5.32 Å². The first-order valence-electron chi connectivity index (χ1n) is 6.11. The van der Waals surface area contributed by atoms with E-state index < -0.39 is 0 Å². The summed E-state index contributed by atoms with van der Waals surface area (Å²) in [6.45, 7) is 6.26. The third-order valence-corrected chi connectivity index (χ3v) is 3.90. The molecule has 0 saturated heterocycles. The number of hydrogen-bond acceptors (Lipinski definition) is 2. The fraction of sp³-hybridized carbons (Fsp3) is 0.500. The SMILES string of the molecule is CC(C)(C)C(CCBr)NC(=O)c1ccc(Br)cc1O. The Bertz CT molecular complexity index is 455. The number of alkyl halides is 1. The quantitative estimate of drug-likeness (QED) is 0.758. The number of amides is 1. The summed E-state index contributed by atoms with van der Waals surface area (Å²) in [5.74, 6) is -0.260. The van der Waals surface area contributed by atoms with Crippen LogP contribution < -0.4 is 5.32 Å². The molecular weight excluding hydrogens is 374 g/mol. The predicted octanol–water partition coefficient (Wildman–Crippen LogP) is 4.08.